The maximum atomic E-state index is 3.73. The van der Waals surface area contributed by atoms with E-state index in [1.165, 1.54) is 33.4 Å². The van der Waals surface area contributed by atoms with Gasteiger partial charge in [0, 0.05) is 6.54 Å². The van der Waals surface area contributed by atoms with Gasteiger partial charge in [0.15, 0.2) is 0 Å². The number of nitrogens with one attached hydrogen (secondary N) is 1. The molecular formula is C21H19N. The second-order valence-electron chi connectivity index (χ2n) is 5.97. The van der Waals surface area contributed by atoms with Crippen LogP contribution in [0.3, 0.4) is 0 Å². The van der Waals surface area contributed by atoms with Crippen LogP contribution in [0.4, 0.5) is 0 Å². The summed E-state index contributed by atoms with van der Waals surface area (Å²) in [5, 5.41) is 3.73. The van der Waals surface area contributed by atoms with Gasteiger partial charge in [-0.3, -0.25) is 0 Å². The number of fused-ring (bicyclic) bond motifs is 3. The van der Waals surface area contributed by atoms with Gasteiger partial charge in [-0.2, -0.15) is 0 Å². The first kappa shape index (κ1) is 13.3. The molecule has 1 aliphatic carbocycles. The Morgan fingerprint density at radius 3 is 1.86 bits per heavy atom. The molecule has 0 aromatic heterocycles. The smallest absolute Gasteiger partial charge is 0.0591 e. The zero-order chi connectivity index (χ0) is 14.9. The summed E-state index contributed by atoms with van der Waals surface area (Å²) < 4.78 is 0. The monoisotopic (exact) mass is 285 g/mol. The summed E-state index contributed by atoms with van der Waals surface area (Å²) >= 11 is 0. The fraction of sp³-hybridized carbons (Fsp3) is 0.143. The Labute approximate surface area is 131 Å². The minimum atomic E-state index is 0.286. The highest BCUT2D eigenvalue weighted by atomic mass is 14.9. The molecule has 1 nitrogen and oxygen atoms in total. The Bertz CT molecular complexity index is 757. The predicted octanol–water partition coefficient (Wildman–Crippen LogP) is 4.85. The van der Waals surface area contributed by atoms with Crippen molar-refractivity contribution < 1.29 is 0 Å². The van der Waals surface area contributed by atoms with Crippen molar-refractivity contribution in [2.75, 3.05) is 0 Å². The van der Waals surface area contributed by atoms with Gasteiger partial charge in [-0.15, -0.1) is 0 Å². The summed E-state index contributed by atoms with van der Waals surface area (Å²) in [6.45, 7) is 3.01. The van der Waals surface area contributed by atoms with Gasteiger partial charge in [0.05, 0.1) is 6.04 Å². The maximum Gasteiger partial charge on any atom is 0.0591 e. The molecule has 0 atom stereocenters. The van der Waals surface area contributed by atoms with Crippen molar-refractivity contribution in [3.8, 4) is 11.1 Å². The van der Waals surface area contributed by atoms with Crippen molar-refractivity contribution in [3.05, 3.63) is 95.1 Å². The second-order valence-corrected chi connectivity index (χ2v) is 5.97. The van der Waals surface area contributed by atoms with Crippen LogP contribution in [0.2, 0.25) is 0 Å². The van der Waals surface area contributed by atoms with Crippen LogP contribution < -0.4 is 5.32 Å². The molecule has 0 radical (unpaired) electrons. The van der Waals surface area contributed by atoms with Gasteiger partial charge in [-0.1, -0.05) is 78.4 Å². The molecule has 22 heavy (non-hydrogen) atoms. The molecule has 1 heteroatoms. The van der Waals surface area contributed by atoms with E-state index in [-0.39, 0.29) is 6.04 Å². The Morgan fingerprint density at radius 1 is 0.727 bits per heavy atom. The summed E-state index contributed by atoms with van der Waals surface area (Å²) in [6, 6.07) is 26.5. The predicted molar refractivity (Wildman–Crippen MR) is 91.7 cm³/mol. The van der Waals surface area contributed by atoms with E-state index < -0.39 is 0 Å². The number of hydrogen-bond donors (Lipinski definition) is 1. The van der Waals surface area contributed by atoms with Gasteiger partial charge in [0.2, 0.25) is 0 Å². The van der Waals surface area contributed by atoms with E-state index in [2.05, 4.69) is 85.0 Å². The fourth-order valence-corrected chi connectivity index (χ4v) is 3.30. The van der Waals surface area contributed by atoms with Crippen molar-refractivity contribution >= 4 is 0 Å². The molecule has 0 spiro atoms. The summed E-state index contributed by atoms with van der Waals surface area (Å²) in [7, 11) is 0. The lowest BCUT2D eigenvalue weighted by Gasteiger charge is -2.16. The Kier molecular flexibility index (Phi) is 3.28. The van der Waals surface area contributed by atoms with Crippen molar-refractivity contribution in [1.82, 2.24) is 5.32 Å². The maximum absolute atomic E-state index is 3.73. The standard InChI is InChI=1S/C21H19N/c1-15-10-12-16(13-11-15)14-22-21-19-8-4-2-6-17(19)18-7-3-5-9-20(18)21/h2-13,21-22H,14H2,1H3. The second kappa shape index (κ2) is 5.43. The Balaban J connectivity index is 1.65. The molecule has 0 heterocycles. The van der Waals surface area contributed by atoms with E-state index in [0.29, 0.717) is 0 Å². The van der Waals surface area contributed by atoms with E-state index in [1.54, 1.807) is 0 Å². The SMILES string of the molecule is Cc1ccc(CNC2c3ccccc3-c3ccccc32)cc1. The highest BCUT2D eigenvalue weighted by Crippen LogP contribution is 2.43. The molecule has 1 aliphatic rings. The molecule has 1 N–H and O–H groups in total. The first-order valence-corrected chi connectivity index (χ1v) is 7.80. The van der Waals surface area contributed by atoms with Crippen LogP contribution in [0.15, 0.2) is 72.8 Å². The average molecular weight is 285 g/mol. The van der Waals surface area contributed by atoms with Crippen LogP contribution in [0.25, 0.3) is 11.1 Å². The normalized spacial score (nSPS) is 13.0. The van der Waals surface area contributed by atoms with Crippen LogP contribution >= 0.6 is 0 Å². The van der Waals surface area contributed by atoms with Crippen molar-refractivity contribution in [3.63, 3.8) is 0 Å². The molecular weight excluding hydrogens is 266 g/mol. The van der Waals surface area contributed by atoms with Gasteiger partial charge in [-0.05, 0) is 34.7 Å². The third kappa shape index (κ3) is 2.24. The molecule has 0 fully saturated rings. The molecule has 0 unspecified atom stereocenters. The number of hydrogen-bond acceptors (Lipinski definition) is 1. The minimum absolute atomic E-state index is 0.286. The van der Waals surface area contributed by atoms with E-state index >= 15 is 0 Å². The van der Waals surface area contributed by atoms with Crippen LogP contribution in [0.5, 0.6) is 0 Å². The third-order valence-electron chi connectivity index (χ3n) is 4.46. The van der Waals surface area contributed by atoms with Gasteiger partial charge in [0.1, 0.15) is 0 Å². The van der Waals surface area contributed by atoms with Crippen LogP contribution in [-0.2, 0) is 6.54 Å². The molecule has 0 saturated carbocycles. The van der Waals surface area contributed by atoms with Gasteiger partial charge in [-0.25, -0.2) is 0 Å². The third-order valence-corrected chi connectivity index (χ3v) is 4.46. The topological polar surface area (TPSA) is 12.0 Å². The molecule has 0 aliphatic heterocycles. The molecule has 3 aromatic carbocycles. The highest BCUT2D eigenvalue weighted by Gasteiger charge is 2.27. The van der Waals surface area contributed by atoms with Crippen LogP contribution in [0, 0.1) is 6.92 Å². The fourth-order valence-electron chi connectivity index (χ4n) is 3.30. The van der Waals surface area contributed by atoms with Crippen LogP contribution in [0.1, 0.15) is 28.3 Å². The van der Waals surface area contributed by atoms with Crippen molar-refractivity contribution in [2.45, 2.75) is 19.5 Å². The van der Waals surface area contributed by atoms with Gasteiger partial charge < -0.3 is 5.32 Å². The first-order chi connectivity index (χ1) is 10.8. The molecule has 3 aromatic rings. The van der Waals surface area contributed by atoms with Crippen molar-refractivity contribution in [1.29, 1.82) is 0 Å². The first-order valence-electron chi connectivity index (χ1n) is 7.80. The average Bonchev–Trinajstić information content (AvgIpc) is 2.89. The number of aryl methyl sites for hydroxylation is 1. The molecule has 4 rings (SSSR count). The van der Waals surface area contributed by atoms with Gasteiger partial charge >= 0.3 is 0 Å². The number of rotatable bonds is 3. The largest absolute Gasteiger partial charge is 0.302 e. The van der Waals surface area contributed by atoms with Crippen LogP contribution in [-0.4, -0.2) is 0 Å². The zero-order valence-corrected chi connectivity index (χ0v) is 12.7. The Morgan fingerprint density at radius 2 is 1.27 bits per heavy atom. The quantitative estimate of drug-likeness (QED) is 0.725. The Hall–Kier alpha value is -2.38. The number of benzene rings is 3. The molecule has 0 amide bonds. The summed E-state index contributed by atoms with van der Waals surface area (Å²) in [5.74, 6) is 0. The van der Waals surface area contributed by atoms with E-state index in [1.807, 2.05) is 0 Å². The summed E-state index contributed by atoms with van der Waals surface area (Å²) in [5.41, 5.74) is 8.12. The lowest BCUT2D eigenvalue weighted by atomic mass is 10.0. The molecule has 0 bridgehead atoms. The van der Waals surface area contributed by atoms with E-state index in [4.69, 9.17) is 0 Å². The molecule has 0 saturated heterocycles. The van der Waals surface area contributed by atoms with Gasteiger partial charge in [0.25, 0.3) is 0 Å². The minimum Gasteiger partial charge on any atom is -0.302 e. The highest BCUT2D eigenvalue weighted by molar-refractivity contribution is 5.78. The summed E-state index contributed by atoms with van der Waals surface area (Å²) in [6.07, 6.45) is 0. The molecule has 108 valence electrons. The van der Waals surface area contributed by atoms with E-state index in [9.17, 15) is 0 Å². The summed E-state index contributed by atoms with van der Waals surface area (Å²) in [4.78, 5) is 0. The lowest BCUT2D eigenvalue weighted by molar-refractivity contribution is 0.615. The zero-order valence-electron chi connectivity index (χ0n) is 12.7. The lowest BCUT2D eigenvalue weighted by Crippen LogP contribution is -2.20. The van der Waals surface area contributed by atoms with Crippen molar-refractivity contribution in [2.24, 2.45) is 0 Å². The van der Waals surface area contributed by atoms with E-state index in [0.717, 1.165) is 6.54 Å².